The summed E-state index contributed by atoms with van der Waals surface area (Å²) in [5.41, 5.74) is 0.538. The van der Waals surface area contributed by atoms with Gasteiger partial charge in [-0.25, -0.2) is 8.42 Å². The fourth-order valence-electron chi connectivity index (χ4n) is 1.04. The summed E-state index contributed by atoms with van der Waals surface area (Å²) in [6.45, 7) is 0. The molecule has 1 heterocycles. The Morgan fingerprint density at radius 1 is 1.27 bits per heavy atom. The Kier molecular flexibility index (Phi) is 4.84. The van der Waals surface area contributed by atoms with Crippen molar-refractivity contribution in [3.8, 4) is 0 Å². The zero-order valence-electron chi connectivity index (χ0n) is 8.19. The summed E-state index contributed by atoms with van der Waals surface area (Å²) in [4.78, 5) is 3.80. The standard InChI is InChI=1S/C9H13ClN2O2S/c10-5-1-2-8-15(13,14)12-9-3-6-11-7-4-9/h3-4,6-7H,1-2,5,8H2,(H,11,12). The van der Waals surface area contributed by atoms with Gasteiger partial charge in [0.25, 0.3) is 0 Å². The molecule has 84 valence electrons. The average Bonchev–Trinajstić information content (AvgIpc) is 2.18. The topological polar surface area (TPSA) is 59.1 Å². The lowest BCUT2D eigenvalue weighted by Gasteiger charge is -2.06. The monoisotopic (exact) mass is 248 g/mol. The summed E-state index contributed by atoms with van der Waals surface area (Å²) in [7, 11) is -3.24. The van der Waals surface area contributed by atoms with E-state index in [2.05, 4.69) is 9.71 Å². The lowest BCUT2D eigenvalue weighted by molar-refractivity contribution is 0.598. The summed E-state index contributed by atoms with van der Waals surface area (Å²) < 4.78 is 25.5. The smallest absolute Gasteiger partial charge is 0.232 e. The highest BCUT2D eigenvalue weighted by atomic mass is 35.5. The van der Waals surface area contributed by atoms with Crippen molar-refractivity contribution in [3.05, 3.63) is 24.5 Å². The minimum absolute atomic E-state index is 0.0992. The lowest BCUT2D eigenvalue weighted by Crippen LogP contribution is -2.16. The van der Waals surface area contributed by atoms with Crippen LogP contribution in [0.1, 0.15) is 12.8 Å². The number of nitrogens with zero attached hydrogens (tertiary/aromatic N) is 1. The molecule has 6 heteroatoms. The lowest BCUT2D eigenvalue weighted by atomic mass is 10.4. The second kappa shape index (κ2) is 5.92. The number of unbranched alkanes of at least 4 members (excludes halogenated alkanes) is 1. The average molecular weight is 249 g/mol. The van der Waals surface area contributed by atoms with E-state index in [9.17, 15) is 8.42 Å². The van der Waals surface area contributed by atoms with Gasteiger partial charge in [-0.1, -0.05) is 0 Å². The van der Waals surface area contributed by atoms with Gasteiger partial charge in [0.15, 0.2) is 0 Å². The molecule has 0 atom stereocenters. The molecule has 0 aliphatic carbocycles. The van der Waals surface area contributed by atoms with Crippen LogP contribution in [0.3, 0.4) is 0 Å². The second-order valence-corrected chi connectivity index (χ2v) is 5.27. The highest BCUT2D eigenvalue weighted by Gasteiger charge is 2.09. The predicted molar refractivity (Wildman–Crippen MR) is 61.6 cm³/mol. The molecule has 0 aromatic carbocycles. The minimum Gasteiger partial charge on any atom is -0.283 e. The first kappa shape index (κ1) is 12.3. The number of hydrogen-bond acceptors (Lipinski definition) is 3. The predicted octanol–water partition coefficient (Wildman–Crippen LogP) is 1.84. The maximum absolute atomic E-state index is 11.5. The molecule has 0 aliphatic heterocycles. The van der Waals surface area contributed by atoms with Crippen LogP contribution in [0.5, 0.6) is 0 Å². The van der Waals surface area contributed by atoms with Crippen molar-refractivity contribution in [1.82, 2.24) is 4.98 Å². The van der Waals surface area contributed by atoms with Crippen molar-refractivity contribution in [3.63, 3.8) is 0 Å². The van der Waals surface area contributed by atoms with Gasteiger partial charge in [0, 0.05) is 18.3 Å². The molecule has 4 nitrogen and oxygen atoms in total. The van der Waals surface area contributed by atoms with E-state index in [1.54, 1.807) is 12.1 Å². The molecule has 0 amide bonds. The Morgan fingerprint density at radius 3 is 2.53 bits per heavy atom. The van der Waals surface area contributed by atoms with Gasteiger partial charge in [-0.3, -0.25) is 9.71 Å². The molecule has 0 spiro atoms. The highest BCUT2D eigenvalue weighted by Crippen LogP contribution is 2.07. The Hall–Kier alpha value is -0.810. The van der Waals surface area contributed by atoms with Gasteiger partial charge < -0.3 is 0 Å². The van der Waals surface area contributed by atoms with E-state index in [0.29, 0.717) is 24.4 Å². The number of aromatic nitrogens is 1. The molecule has 15 heavy (non-hydrogen) atoms. The van der Waals surface area contributed by atoms with Crippen LogP contribution in [-0.4, -0.2) is 25.0 Å². The first-order chi connectivity index (χ1) is 7.14. The summed E-state index contributed by atoms with van der Waals surface area (Å²) >= 11 is 5.47. The van der Waals surface area contributed by atoms with Gasteiger partial charge in [-0.2, -0.15) is 0 Å². The number of hydrogen-bond donors (Lipinski definition) is 1. The van der Waals surface area contributed by atoms with Crippen LogP contribution in [0.25, 0.3) is 0 Å². The maximum atomic E-state index is 11.5. The van der Waals surface area contributed by atoms with Crippen LogP contribution in [-0.2, 0) is 10.0 Å². The van der Waals surface area contributed by atoms with E-state index in [1.165, 1.54) is 12.4 Å². The van der Waals surface area contributed by atoms with Crippen molar-refractivity contribution in [1.29, 1.82) is 0 Å². The minimum atomic E-state index is -3.24. The number of anilines is 1. The van der Waals surface area contributed by atoms with Crippen LogP contribution < -0.4 is 4.72 Å². The quantitative estimate of drug-likeness (QED) is 0.617. The zero-order chi connectivity index (χ0) is 11.1. The second-order valence-electron chi connectivity index (χ2n) is 3.05. The van der Waals surface area contributed by atoms with Crippen molar-refractivity contribution in [2.75, 3.05) is 16.4 Å². The van der Waals surface area contributed by atoms with E-state index < -0.39 is 10.0 Å². The zero-order valence-corrected chi connectivity index (χ0v) is 9.76. The molecule has 0 unspecified atom stereocenters. The van der Waals surface area contributed by atoms with Crippen LogP contribution >= 0.6 is 11.6 Å². The van der Waals surface area contributed by atoms with Gasteiger partial charge in [-0.15, -0.1) is 11.6 Å². The third-order valence-corrected chi connectivity index (χ3v) is 3.39. The third-order valence-electron chi connectivity index (χ3n) is 1.75. The molecule has 0 saturated carbocycles. The van der Waals surface area contributed by atoms with Crippen molar-refractivity contribution >= 4 is 27.3 Å². The SMILES string of the molecule is O=S(=O)(CCCCCl)Nc1ccncc1. The summed E-state index contributed by atoms with van der Waals surface area (Å²) in [5, 5.41) is 0. The van der Waals surface area contributed by atoms with Crippen molar-refractivity contribution in [2.45, 2.75) is 12.8 Å². The molecule has 0 bridgehead atoms. The van der Waals surface area contributed by atoms with Crippen LogP contribution in [0, 0.1) is 0 Å². The summed E-state index contributed by atoms with van der Waals surface area (Å²) in [6, 6.07) is 3.22. The summed E-state index contributed by atoms with van der Waals surface area (Å²) in [6.07, 6.45) is 4.36. The third kappa shape index (κ3) is 4.99. The molecule has 0 aliphatic rings. The van der Waals surface area contributed by atoms with E-state index in [1.807, 2.05) is 0 Å². The fraction of sp³-hybridized carbons (Fsp3) is 0.444. The number of alkyl halides is 1. The van der Waals surface area contributed by atoms with Crippen LogP contribution in [0.15, 0.2) is 24.5 Å². The molecular weight excluding hydrogens is 236 g/mol. The Morgan fingerprint density at radius 2 is 1.93 bits per heavy atom. The first-order valence-electron chi connectivity index (χ1n) is 4.60. The molecular formula is C9H13ClN2O2S. The largest absolute Gasteiger partial charge is 0.283 e. The number of sulfonamides is 1. The molecule has 0 saturated heterocycles. The Bertz CT molecular complexity index is 380. The van der Waals surface area contributed by atoms with Crippen LogP contribution in [0.4, 0.5) is 5.69 Å². The molecule has 1 aromatic rings. The van der Waals surface area contributed by atoms with E-state index in [-0.39, 0.29) is 5.75 Å². The number of nitrogens with one attached hydrogen (secondary N) is 1. The van der Waals surface area contributed by atoms with Gasteiger partial charge in [0.2, 0.25) is 10.0 Å². The van der Waals surface area contributed by atoms with E-state index in [4.69, 9.17) is 11.6 Å². The van der Waals surface area contributed by atoms with Gasteiger partial charge >= 0.3 is 0 Å². The number of pyridine rings is 1. The fourth-order valence-corrected chi connectivity index (χ4v) is 2.41. The Balaban J connectivity index is 2.50. The Labute approximate surface area is 94.7 Å². The first-order valence-corrected chi connectivity index (χ1v) is 6.79. The molecule has 0 radical (unpaired) electrons. The molecule has 1 N–H and O–H groups in total. The normalized spacial score (nSPS) is 11.3. The maximum Gasteiger partial charge on any atom is 0.232 e. The van der Waals surface area contributed by atoms with E-state index >= 15 is 0 Å². The highest BCUT2D eigenvalue weighted by molar-refractivity contribution is 7.92. The number of rotatable bonds is 6. The van der Waals surface area contributed by atoms with E-state index in [0.717, 1.165) is 0 Å². The van der Waals surface area contributed by atoms with Crippen molar-refractivity contribution < 1.29 is 8.42 Å². The molecule has 1 rings (SSSR count). The van der Waals surface area contributed by atoms with Gasteiger partial charge in [-0.05, 0) is 25.0 Å². The molecule has 0 fully saturated rings. The van der Waals surface area contributed by atoms with Gasteiger partial charge in [0.05, 0.1) is 11.4 Å². The number of halogens is 1. The van der Waals surface area contributed by atoms with Crippen molar-refractivity contribution in [2.24, 2.45) is 0 Å². The van der Waals surface area contributed by atoms with Gasteiger partial charge in [0.1, 0.15) is 0 Å². The van der Waals surface area contributed by atoms with Crippen LogP contribution in [0.2, 0.25) is 0 Å². The summed E-state index contributed by atoms with van der Waals surface area (Å²) in [5.74, 6) is 0.590. The molecule has 1 aromatic heterocycles.